The van der Waals surface area contributed by atoms with E-state index in [-0.39, 0.29) is 11.5 Å². The molecule has 31 heavy (non-hydrogen) atoms. The Kier molecular flexibility index (Phi) is 4.49. The second-order valence-corrected chi connectivity index (χ2v) is 9.18. The standard InChI is InChI=1S/C22H27N7O2/c1-22(2)12-29(14-6-4-5-7-14)18-17(28(3)20(22)31)11-23-21(25-18)24-13-8-9-16-15(10-13)19(30)27-26-16/h8-11,14H,4-7,12H2,1-3H3,(H,23,24,25)(H2,26,27,30). The number of rotatable bonds is 3. The topological polar surface area (TPSA) is 110 Å². The molecule has 9 nitrogen and oxygen atoms in total. The van der Waals surface area contributed by atoms with Crippen molar-refractivity contribution in [3.8, 4) is 0 Å². The lowest BCUT2D eigenvalue weighted by atomic mass is 9.91. The molecule has 0 bridgehead atoms. The molecule has 3 aromatic rings. The molecule has 1 aliphatic carbocycles. The monoisotopic (exact) mass is 421 g/mol. The van der Waals surface area contributed by atoms with Crippen molar-refractivity contribution in [2.75, 3.05) is 28.7 Å². The molecule has 1 aliphatic heterocycles. The average molecular weight is 422 g/mol. The van der Waals surface area contributed by atoms with Gasteiger partial charge in [0.25, 0.3) is 5.56 Å². The quantitative estimate of drug-likeness (QED) is 0.599. The van der Waals surface area contributed by atoms with E-state index in [4.69, 9.17) is 4.98 Å². The van der Waals surface area contributed by atoms with Crippen LogP contribution in [-0.2, 0) is 4.79 Å². The predicted octanol–water partition coefficient (Wildman–Crippen LogP) is 3.14. The van der Waals surface area contributed by atoms with E-state index in [1.807, 2.05) is 26.0 Å². The number of hydrogen-bond donors (Lipinski definition) is 3. The number of fused-ring (bicyclic) bond motifs is 2. The van der Waals surface area contributed by atoms with E-state index in [1.54, 1.807) is 24.2 Å². The van der Waals surface area contributed by atoms with E-state index in [9.17, 15) is 9.59 Å². The molecule has 1 aromatic carbocycles. The van der Waals surface area contributed by atoms with E-state index >= 15 is 0 Å². The van der Waals surface area contributed by atoms with Gasteiger partial charge in [0, 0.05) is 25.3 Å². The minimum absolute atomic E-state index is 0.0655. The summed E-state index contributed by atoms with van der Waals surface area (Å²) in [4.78, 5) is 38.3. The summed E-state index contributed by atoms with van der Waals surface area (Å²) in [5, 5.41) is 9.22. The molecular weight excluding hydrogens is 394 g/mol. The Morgan fingerprint density at radius 1 is 1.16 bits per heavy atom. The number of hydrogen-bond acceptors (Lipinski definition) is 6. The van der Waals surface area contributed by atoms with E-state index < -0.39 is 5.41 Å². The lowest BCUT2D eigenvalue weighted by molar-refractivity contribution is -0.125. The minimum atomic E-state index is -0.522. The third-order valence-electron chi connectivity index (χ3n) is 6.43. The summed E-state index contributed by atoms with van der Waals surface area (Å²) in [5.41, 5.74) is 1.50. The summed E-state index contributed by atoms with van der Waals surface area (Å²) < 4.78 is 0. The number of aromatic nitrogens is 4. The lowest BCUT2D eigenvalue weighted by Crippen LogP contribution is -2.45. The molecule has 9 heteroatoms. The molecule has 2 aliphatic rings. The third kappa shape index (κ3) is 3.34. The highest BCUT2D eigenvalue weighted by atomic mass is 16.2. The Labute approximate surface area is 179 Å². The van der Waals surface area contributed by atoms with Gasteiger partial charge in [-0.2, -0.15) is 4.98 Å². The van der Waals surface area contributed by atoms with Crippen LogP contribution in [0.3, 0.4) is 0 Å². The van der Waals surface area contributed by atoms with Gasteiger partial charge in [-0.3, -0.25) is 19.8 Å². The fraction of sp³-hybridized carbons (Fsp3) is 0.455. The zero-order valence-corrected chi connectivity index (χ0v) is 18.0. The molecule has 162 valence electrons. The SMILES string of the molecule is CN1C(=O)C(C)(C)CN(C2CCCC2)c2nc(Nc3ccc4[nH][nH]c(=O)c4c3)ncc21. The number of nitrogens with one attached hydrogen (secondary N) is 3. The summed E-state index contributed by atoms with van der Waals surface area (Å²) in [6.45, 7) is 4.61. The summed E-state index contributed by atoms with van der Waals surface area (Å²) in [6, 6.07) is 5.84. The first kappa shape index (κ1) is 19.6. The Bertz CT molecular complexity index is 1210. The van der Waals surface area contributed by atoms with Gasteiger partial charge in [-0.15, -0.1) is 0 Å². The molecule has 2 aromatic heterocycles. The van der Waals surface area contributed by atoms with Crippen LogP contribution in [0.2, 0.25) is 0 Å². The normalized spacial score (nSPS) is 19.0. The zero-order valence-electron chi connectivity index (χ0n) is 18.0. The van der Waals surface area contributed by atoms with Gasteiger partial charge in [0.15, 0.2) is 5.82 Å². The Balaban J connectivity index is 1.55. The van der Waals surface area contributed by atoms with E-state index in [0.29, 0.717) is 23.9 Å². The maximum atomic E-state index is 13.1. The van der Waals surface area contributed by atoms with Crippen molar-refractivity contribution in [3.05, 3.63) is 34.7 Å². The highest BCUT2D eigenvalue weighted by molar-refractivity contribution is 6.00. The Morgan fingerprint density at radius 3 is 2.71 bits per heavy atom. The van der Waals surface area contributed by atoms with Crippen LogP contribution in [-0.4, -0.2) is 45.7 Å². The molecule has 0 spiro atoms. The first-order chi connectivity index (χ1) is 14.8. The van der Waals surface area contributed by atoms with Gasteiger partial charge in [-0.1, -0.05) is 12.8 Å². The van der Waals surface area contributed by atoms with Gasteiger partial charge in [-0.25, -0.2) is 4.98 Å². The van der Waals surface area contributed by atoms with Crippen LogP contribution in [0.1, 0.15) is 39.5 Å². The van der Waals surface area contributed by atoms with Crippen molar-refractivity contribution >= 4 is 40.0 Å². The highest BCUT2D eigenvalue weighted by Gasteiger charge is 2.41. The first-order valence-electron chi connectivity index (χ1n) is 10.7. The smallest absolute Gasteiger partial charge is 0.271 e. The van der Waals surface area contributed by atoms with Gasteiger partial charge in [0.1, 0.15) is 5.69 Å². The van der Waals surface area contributed by atoms with Crippen molar-refractivity contribution < 1.29 is 4.79 Å². The van der Waals surface area contributed by atoms with Crippen molar-refractivity contribution in [1.29, 1.82) is 0 Å². The van der Waals surface area contributed by atoms with Crippen LogP contribution in [0.5, 0.6) is 0 Å². The third-order valence-corrected chi connectivity index (χ3v) is 6.43. The fourth-order valence-corrected chi connectivity index (χ4v) is 4.76. The van der Waals surface area contributed by atoms with Gasteiger partial charge < -0.3 is 15.1 Å². The van der Waals surface area contributed by atoms with Crippen LogP contribution in [0.4, 0.5) is 23.1 Å². The molecule has 1 amide bonds. The number of amides is 1. The summed E-state index contributed by atoms with van der Waals surface area (Å²) >= 11 is 0. The van der Waals surface area contributed by atoms with E-state index in [0.717, 1.165) is 35.6 Å². The van der Waals surface area contributed by atoms with E-state index in [2.05, 4.69) is 25.4 Å². The zero-order chi connectivity index (χ0) is 21.8. The van der Waals surface area contributed by atoms with Crippen LogP contribution in [0, 0.1) is 5.41 Å². The summed E-state index contributed by atoms with van der Waals surface area (Å²) in [6.07, 6.45) is 6.32. The molecule has 0 atom stereocenters. The van der Waals surface area contributed by atoms with Gasteiger partial charge in [0.05, 0.1) is 22.5 Å². The van der Waals surface area contributed by atoms with Crippen molar-refractivity contribution in [3.63, 3.8) is 0 Å². The Morgan fingerprint density at radius 2 is 1.94 bits per heavy atom. The number of H-pyrrole nitrogens is 2. The largest absolute Gasteiger partial charge is 0.351 e. The number of carbonyl (C=O) groups excluding carboxylic acids is 1. The molecule has 0 unspecified atom stereocenters. The average Bonchev–Trinajstić information content (AvgIpc) is 3.40. The molecule has 0 saturated heterocycles. The van der Waals surface area contributed by atoms with E-state index in [1.165, 1.54) is 12.8 Å². The molecule has 3 N–H and O–H groups in total. The number of aromatic amines is 2. The maximum Gasteiger partial charge on any atom is 0.271 e. The van der Waals surface area contributed by atoms with Crippen LogP contribution in [0.25, 0.3) is 10.9 Å². The number of carbonyl (C=O) groups is 1. The number of anilines is 4. The molecule has 5 rings (SSSR count). The predicted molar refractivity (Wildman–Crippen MR) is 121 cm³/mol. The van der Waals surface area contributed by atoms with Crippen molar-refractivity contribution in [2.24, 2.45) is 5.41 Å². The van der Waals surface area contributed by atoms with Gasteiger partial charge in [0.2, 0.25) is 11.9 Å². The van der Waals surface area contributed by atoms with Crippen molar-refractivity contribution in [2.45, 2.75) is 45.6 Å². The van der Waals surface area contributed by atoms with Crippen molar-refractivity contribution in [1.82, 2.24) is 20.2 Å². The molecular formula is C22H27N7O2. The lowest BCUT2D eigenvalue weighted by Gasteiger charge is -2.34. The van der Waals surface area contributed by atoms with Gasteiger partial charge >= 0.3 is 0 Å². The maximum absolute atomic E-state index is 13.1. The second-order valence-electron chi connectivity index (χ2n) is 9.18. The first-order valence-corrected chi connectivity index (χ1v) is 10.7. The summed E-state index contributed by atoms with van der Waals surface area (Å²) in [5.74, 6) is 1.29. The summed E-state index contributed by atoms with van der Waals surface area (Å²) in [7, 11) is 1.80. The van der Waals surface area contributed by atoms with Crippen LogP contribution < -0.4 is 20.7 Å². The molecule has 3 heterocycles. The Hall–Kier alpha value is -3.36. The number of nitrogens with zero attached hydrogens (tertiary/aromatic N) is 4. The molecule has 1 fully saturated rings. The molecule has 0 radical (unpaired) electrons. The fourth-order valence-electron chi connectivity index (χ4n) is 4.76. The second kappa shape index (κ2) is 7.11. The van der Waals surface area contributed by atoms with Crippen LogP contribution >= 0.6 is 0 Å². The number of benzene rings is 1. The van der Waals surface area contributed by atoms with Gasteiger partial charge in [-0.05, 0) is 44.9 Å². The highest BCUT2D eigenvalue weighted by Crippen LogP contribution is 2.40. The molecule has 1 saturated carbocycles. The van der Waals surface area contributed by atoms with Crippen LogP contribution in [0.15, 0.2) is 29.2 Å². The minimum Gasteiger partial charge on any atom is -0.351 e.